The predicted molar refractivity (Wildman–Crippen MR) is 116 cm³/mol. The molecule has 0 atom stereocenters. The summed E-state index contributed by atoms with van der Waals surface area (Å²) >= 11 is 0. The van der Waals surface area contributed by atoms with Gasteiger partial charge in [-0.25, -0.2) is 0 Å². The van der Waals surface area contributed by atoms with Gasteiger partial charge in [-0.05, 0) is 29.9 Å². The number of benzene rings is 1. The van der Waals surface area contributed by atoms with E-state index in [-0.39, 0.29) is 11.5 Å². The monoisotopic (exact) mass is 386 g/mol. The smallest absolute Gasteiger partial charge is 0.313 e. The summed E-state index contributed by atoms with van der Waals surface area (Å²) < 4.78 is 0. The van der Waals surface area contributed by atoms with Crippen LogP contribution in [0.2, 0.25) is 0 Å². The quantitative estimate of drug-likeness (QED) is 0.639. The Hall–Kier alpha value is -1.84. The van der Waals surface area contributed by atoms with Crippen LogP contribution < -0.4 is 10.6 Å². The second kappa shape index (κ2) is 11.2. The van der Waals surface area contributed by atoms with Crippen molar-refractivity contribution >= 4 is 17.5 Å². The normalized spacial score (nSPS) is 17.8. The Kier molecular flexibility index (Phi) is 9.01. The topological polar surface area (TPSA) is 58.2 Å². The van der Waals surface area contributed by atoms with Crippen molar-refractivity contribution < 1.29 is 9.59 Å². The van der Waals surface area contributed by atoms with E-state index < -0.39 is 11.8 Å². The van der Waals surface area contributed by atoms with Crippen molar-refractivity contribution in [2.75, 3.05) is 5.32 Å². The number of hydrogen-bond acceptors (Lipinski definition) is 2. The van der Waals surface area contributed by atoms with Gasteiger partial charge in [0, 0.05) is 11.7 Å². The average molecular weight is 387 g/mol. The maximum absolute atomic E-state index is 12.5. The summed E-state index contributed by atoms with van der Waals surface area (Å²) in [7, 11) is 0. The van der Waals surface area contributed by atoms with Crippen molar-refractivity contribution in [3.8, 4) is 0 Å². The first-order chi connectivity index (χ1) is 13.4. The zero-order chi connectivity index (χ0) is 20.4. The van der Waals surface area contributed by atoms with Crippen molar-refractivity contribution in [3.05, 3.63) is 29.8 Å². The zero-order valence-electron chi connectivity index (χ0n) is 18.0. The lowest BCUT2D eigenvalue weighted by atomic mass is 9.86. The number of carbonyl (C=O) groups is 2. The van der Waals surface area contributed by atoms with Gasteiger partial charge < -0.3 is 10.6 Å². The molecule has 4 heteroatoms. The van der Waals surface area contributed by atoms with Gasteiger partial charge in [0.25, 0.3) is 0 Å². The Balaban J connectivity index is 1.93. The van der Waals surface area contributed by atoms with Crippen LogP contribution in [0, 0.1) is 0 Å². The van der Waals surface area contributed by atoms with Crippen LogP contribution in [0.15, 0.2) is 24.3 Å². The molecule has 1 aromatic rings. The molecule has 4 nitrogen and oxygen atoms in total. The zero-order valence-corrected chi connectivity index (χ0v) is 18.0. The van der Waals surface area contributed by atoms with Gasteiger partial charge in [0.1, 0.15) is 0 Å². The van der Waals surface area contributed by atoms with Crippen LogP contribution in [0.5, 0.6) is 0 Å². The number of anilines is 1. The lowest BCUT2D eigenvalue weighted by Crippen LogP contribution is -2.42. The summed E-state index contributed by atoms with van der Waals surface area (Å²) in [6, 6.07) is 7.81. The Bertz CT molecular complexity index is 622. The fourth-order valence-electron chi connectivity index (χ4n) is 3.98. The molecule has 2 rings (SSSR count). The molecule has 0 spiro atoms. The molecule has 0 aromatic heterocycles. The molecule has 0 saturated heterocycles. The van der Waals surface area contributed by atoms with Gasteiger partial charge in [-0.3, -0.25) is 9.59 Å². The summed E-state index contributed by atoms with van der Waals surface area (Å²) in [5.41, 5.74) is 1.64. The standard InChI is InChI=1S/C24H38N2O2/c1-24(2,3)20-17-13-14-18-21(20)26-23(28)22(27)25-19-15-11-9-7-5-4-6-8-10-12-16-19/h13-14,17-19H,4-12,15-16H2,1-3H3,(H,25,27)(H,26,28). The molecular weight excluding hydrogens is 348 g/mol. The van der Waals surface area contributed by atoms with E-state index in [0.29, 0.717) is 5.69 Å². The lowest BCUT2D eigenvalue weighted by molar-refractivity contribution is -0.136. The fraction of sp³-hybridized carbons (Fsp3) is 0.667. The van der Waals surface area contributed by atoms with Crippen LogP contribution in [-0.2, 0) is 15.0 Å². The van der Waals surface area contributed by atoms with Gasteiger partial charge in [-0.1, -0.05) is 96.8 Å². The minimum Gasteiger partial charge on any atom is -0.345 e. The van der Waals surface area contributed by atoms with Crippen LogP contribution >= 0.6 is 0 Å². The molecule has 2 amide bonds. The minimum absolute atomic E-state index is 0.103. The van der Waals surface area contributed by atoms with Crippen molar-refractivity contribution in [1.29, 1.82) is 0 Å². The maximum Gasteiger partial charge on any atom is 0.313 e. The van der Waals surface area contributed by atoms with E-state index in [4.69, 9.17) is 0 Å². The van der Waals surface area contributed by atoms with Crippen LogP contribution in [0.25, 0.3) is 0 Å². The Morgan fingerprint density at radius 1 is 0.786 bits per heavy atom. The van der Waals surface area contributed by atoms with Gasteiger partial charge in [-0.15, -0.1) is 0 Å². The third-order valence-electron chi connectivity index (χ3n) is 5.63. The van der Waals surface area contributed by atoms with Crippen molar-refractivity contribution in [3.63, 3.8) is 0 Å². The van der Waals surface area contributed by atoms with E-state index in [2.05, 4.69) is 31.4 Å². The van der Waals surface area contributed by atoms with Gasteiger partial charge in [0.2, 0.25) is 0 Å². The predicted octanol–water partition coefficient (Wildman–Crippen LogP) is 5.71. The molecule has 0 heterocycles. The molecule has 1 saturated carbocycles. The van der Waals surface area contributed by atoms with E-state index in [1.807, 2.05) is 24.3 Å². The van der Waals surface area contributed by atoms with Crippen LogP contribution in [0.1, 0.15) is 97.0 Å². The summed E-state index contributed by atoms with van der Waals surface area (Å²) in [5.74, 6) is -1.08. The second-order valence-corrected chi connectivity index (χ2v) is 9.18. The number of carbonyl (C=O) groups excluding carboxylic acids is 2. The Morgan fingerprint density at radius 2 is 1.29 bits per heavy atom. The summed E-state index contributed by atoms with van der Waals surface area (Å²) in [6.45, 7) is 6.30. The number of rotatable bonds is 2. The van der Waals surface area contributed by atoms with E-state index in [1.165, 1.54) is 44.9 Å². The highest BCUT2D eigenvalue weighted by molar-refractivity contribution is 6.39. The first-order valence-corrected chi connectivity index (χ1v) is 11.1. The molecule has 1 fully saturated rings. The number of hydrogen-bond donors (Lipinski definition) is 2. The van der Waals surface area contributed by atoms with Crippen LogP contribution in [-0.4, -0.2) is 17.9 Å². The first kappa shape index (κ1) is 22.4. The van der Waals surface area contributed by atoms with Gasteiger partial charge in [0.05, 0.1) is 0 Å². The van der Waals surface area contributed by atoms with E-state index in [1.54, 1.807) is 0 Å². The SMILES string of the molecule is CC(C)(C)c1ccccc1NC(=O)C(=O)NC1CCCCCCCCCCC1. The van der Waals surface area contributed by atoms with Crippen LogP contribution in [0.4, 0.5) is 5.69 Å². The third-order valence-corrected chi connectivity index (χ3v) is 5.63. The highest BCUT2D eigenvalue weighted by Crippen LogP contribution is 2.29. The van der Waals surface area contributed by atoms with Crippen LogP contribution in [0.3, 0.4) is 0 Å². The summed E-state index contributed by atoms with van der Waals surface area (Å²) in [4.78, 5) is 25.0. The van der Waals surface area contributed by atoms with Gasteiger partial charge >= 0.3 is 11.8 Å². The Labute approximate surface area is 170 Å². The molecule has 1 aromatic carbocycles. The molecule has 0 aliphatic heterocycles. The summed E-state index contributed by atoms with van der Waals surface area (Å²) in [6.07, 6.45) is 13.2. The average Bonchev–Trinajstić information content (AvgIpc) is 2.63. The molecule has 0 radical (unpaired) electrons. The molecule has 2 N–H and O–H groups in total. The fourth-order valence-corrected chi connectivity index (χ4v) is 3.98. The second-order valence-electron chi connectivity index (χ2n) is 9.18. The van der Waals surface area contributed by atoms with Gasteiger partial charge in [0.15, 0.2) is 0 Å². The number of amides is 2. The molecule has 156 valence electrons. The molecule has 0 unspecified atom stereocenters. The molecule has 28 heavy (non-hydrogen) atoms. The lowest BCUT2D eigenvalue weighted by Gasteiger charge is -2.23. The van der Waals surface area contributed by atoms with Crippen molar-refractivity contribution in [2.45, 2.75) is 103 Å². The largest absolute Gasteiger partial charge is 0.345 e. The molecule has 1 aliphatic rings. The number of nitrogens with one attached hydrogen (secondary N) is 2. The highest BCUT2D eigenvalue weighted by Gasteiger charge is 2.22. The van der Waals surface area contributed by atoms with E-state index in [9.17, 15) is 9.59 Å². The number of para-hydroxylation sites is 1. The van der Waals surface area contributed by atoms with Crippen molar-refractivity contribution in [1.82, 2.24) is 5.32 Å². The Morgan fingerprint density at radius 3 is 1.82 bits per heavy atom. The maximum atomic E-state index is 12.5. The summed E-state index contributed by atoms with van der Waals surface area (Å²) in [5, 5.41) is 5.82. The van der Waals surface area contributed by atoms with E-state index in [0.717, 1.165) is 31.2 Å². The van der Waals surface area contributed by atoms with Gasteiger partial charge in [-0.2, -0.15) is 0 Å². The third kappa shape index (κ3) is 7.65. The highest BCUT2D eigenvalue weighted by atomic mass is 16.2. The van der Waals surface area contributed by atoms with Crippen molar-refractivity contribution in [2.24, 2.45) is 0 Å². The minimum atomic E-state index is -0.567. The first-order valence-electron chi connectivity index (χ1n) is 11.1. The molecule has 0 bridgehead atoms. The molecule has 1 aliphatic carbocycles. The molecular formula is C24H38N2O2. The van der Waals surface area contributed by atoms with E-state index >= 15 is 0 Å².